The van der Waals surface area contributed by atoms with Gasteiger partial charge in [-0.1, -0.05) is 12.1 Å². The Morgan fingerprint density at radius 3 is 2.71 bits per heavy atom. The van der Waals surface area contributed by atoms with E-state index in [1.807, 2.05) is 6.07 Å². The van der Waals surface area contributed by atoms with Gasteiger partial charge in [0.2, 0.25) is 0 Å². The maximum atomic E-state index is 12.6. The van der Waals surface area contributed by atoms with Crippen molar-refractivity contribution in [1.82, 2.24) is 4.98 Å². The molecular weight excluding hydrogens is 343 g/mol. The molecule has 0 spiro atoms. The summed E-state index contributed by atoms with van der Waals surface area (Å²) in [5, 5.41) is 10.6. The standard InChI is InChI=1S/C15H10F3N3O2S/c16-15(17,18)5-11-7-23-14(22)21(11)13-20-12(8-24-13)10-3-1-9(6-19)2-4-10/h1-4,8,11H,5,7H2/t11-/m0/s1. The molecule has 5 nitrogen and oxygen atoms in total. The molecular formula is C15H10F3N3O2S. The third kappa shape index (κ3) is 3.33. The first-order valence-electron chi connectivity index (χ1n) is 6.86. The van der Waals surface area contributed by atoms with E-state index in [-0.39, 0.29) is 11.7 Å². The monoisotopic (exact) mass is 353 g/mol. The number of aromatic nitrogens is 1. The normalized spacial score (nSPS) is 17.7. The highest BCUT2D eigenvalue weighted by atomic mass is 32.1. The van der Waals surface area contributed by atoms with E-state index in [1.165, 1.54) is 0 Å². The Balaban J connectivity index is 1.85. The van der Waals surface area contributed by atoms with Crippen molar-refractivity contribution >= 4 is 22.6 Å². The second kappa shape index (κ2) is 6.13. The van der Waals surface area contributed by atoms with Crippen LogP contribution in [-0.2, 0) is 4.74 Å². The molecule has 1 aromatic carbocycles. The third-order valence-electron chi connectivity index (χ3n) is 3.44. The Bertz CT molecular complexity index is 796. The van der Waals surface area contributed by atoms with Crippen molar-refractivity contribution in [3.05, 3.63) is 35.2 Å². The number of halogens is 3. The lowest BCUT2D eigenvalue weighted by Gasteiger charge is -2.19. The van der Waals surface area contributed by atoms with Crippen LogP contribution in [0.25, 0.3) is 11.3 Å². The van der Waals surface area contributed by atoms with Crippen LogP contribution in [0.2, 0.25) is 0 Å². The number of benzene rings is 1. The van der Waals surface area contributed by atoms with Crippen LogP contribution in [0.15, 0.2) is 29.6 Å². The van der Waals surface area contributed by atoms with Gasteiger partial charge >= 0.3 is 12.3 Å². The number of anilines is 1. The van der Waals surface area contributed by atoms with Gasteiger partial charge in [-0.3, -0.25) is 0 Å². The summed E-state index contributed by atoms with van der Waals surface area (Å²) >= 11 is 1.07. The van der Waals surface area contributed by atoms with Gasteiger partial charge in [0.1, 0.15) is 6.61 Å². The highest BCUT2D eigenvalue weighted by Crippen LogP contribution is 2.34. The lowest BCUT2D eigenvalue weighted by Crippen LogP contribution is -2.36. The summed E-state index contributed by atoms with van der Waals surface area (Å²) < 4.78 is 42.6. The zero-order chi connectivity index (χ0) is 17.3. The summed E-state index contributed by atoms with van der Waals surface area (Å²) in [6.45, 7) is -0.315. The van der Waals surface area contributed by atoms with Crippen molar-refractivity contribution in [2.24, 2.45) is 0 Å². The van der Waals surface area contributed by atoms with E-state index >= 15 is 0 Å². The van der Waals surface area contributed by atoms with Crippen LogP contribution in [0, 0.1) is 11.3 Å². The zero-order valence-corrected chi connectivity index (χ0v) is 12.9. The average Bonchev–Trinajstić information content (AvgIpc) is 3.13. The number of amides is 1. The van der Waals surface area contributed by atoms with Gasteiger partial charge in [0.25, 0.3) is 0 Å². The van der Waals surface area contributed by atoms with Gasteiger partial charge in [-0.15, -0.1) is 11.3 Å². The van der Waals surface area contributed by atoms with Crippen LogP contribution in [-0.4, -0.2) is 29.9 Å². The summed E-state index contributed by atoms with van der Waals surface area (Å²) in [6.07, 6.45) is -6.38. The van der Waals surface area contributed by atoms with Crippen LogP contribution < -0.4 is 4.90 Å². The number of alkyl halides is 3. The number of ether oxygens (including phenoxy) is 1. The van der Waals surface area contributed by atoms with Gasteiger partial charge < -0.3 is 4.74 Å². The van der Waals surface area contributed by atoms with E-state index in [4.69, 9.17) is 10.00 Å². The summed E-state index contributed by atoms with van der Waals surface area (Å²) in [5.74, 6) is 0. The Labute approximate surface area is 138 Å². The van der Waals surface area contributed by atoms with Gasteiger partial charge in [-0.25, -0.2) is 14.7 Å². The summed E-state index contributed by atoms with van der Waals surface area (Å²) in [4.78, 5) is 17.0. The van der Waals surface area contributed by atoms with Crippen molar-refractivity contribution in [2.45, 2.75) is 18.6 Å². The van der Waals surface area contributed by atoms with Crippen molar-refractivity contribution in [3.63, 3.8) is 0 Å². The molecule has 1 aliphatic rings. The van der Waals surface area contributed by atoms with Crippen molar-refractivity contribution in [3.8, 4) is 17.3 Å². The Morgan fingerprint density at radius 2 is 2.08 bits per heavy atom. The minimum absolute atomic E-state index is 0.158. The molecule has 1 aliphatic heterocycles. The van der Waals surface area contributed by atoms with Gasteiger partial charge in [0.05, 0.1) is 29.8 Å². The number of cyclic esters (lactones) is 1. The van der Waals surface area contributed by atoms with E-state index < -0.39 is 24.7 Å². The molecule has 2 aromatic rings. The number of carbonyl (C=O) groups excluding carboxylic acids is 1. The van der Waals surface area contributed by atoms with E-state index in [9.17, 15) is 18.0 Å². The molecule has 0 unspecified atom stereocenters. The lowest BCUT2D eigenvalue weighted by molar-refractivity contribution is -0.138. The molecule has 24 heavy (non-hydrogen) atoms. The SMILES string of the molecule is N#Cc1ccc(-c2csc(N3C(=O)OC[C@@H]3CC(F)(F)F)n2)cc1. The smallest absolute Gasteiger partial charge is 0.416 e. The second-order valence-corrected chi connectivity index (χ2v) is 5.96. The minimum Gasteiger partial charge on any atom is -0.447 e. The largest absolute Gasteiger partial charge is 0.447 e. The molecule has 3 rings (SSSR count). The highest BCUT2D eigenvalue weighted by Gasteiger charge is 2.43. The molecule has 0 N–H and O–H groups in total. The molecule has 1 aromatic heterocycles. The van der Waals surface area contributed by atoms with Crippen LogP contribution in [0.3, 0.4) is 0 Å². The van der Waals surface area contributed by atoms with Gasteiger partial charge in [0, 0.05) is 10.9 Å². The minimum atomic E-state index is -4.40. The summed E-state index contributed by atoms with van der Waals surface area (Å²) in [6, 6.07) is 7.49. The quantitative estimate of drug-likeness (QED) is 0.838. The number of carbonyl (C=O) groups is 1. The number of nitrogens with zero attached hydrogens (tertiary/aromatic N) is 3. The lowest BCUT2D eigenvalue weighted by atomic mass is 10.1. The molecule has 0 bridgehead atoms. The molecule has 1 amide bonds. The van der Waals surface area contributed by atoms with Crippen LogP contribution >= 0.6 is 11.3 Å². The van der Waals surface area contributed by atoms with Gasteiger partial charge in [-0.2, -0.15) is 18.4 Å². The fourth-order valence-electron chi connectivity index (χ4n) is 2.34. The van der Waals surface area contributed by atoms with Gasteiger partial charge in [0.15, 0.2) is 5.13 Å². The first-order chi connectivity index (χ1) is 11.4. The van der Waals surface area contributed by atoms with Crippen LogP contribution in [0.5, 0.6) is 0 Å². The Kier molecular flexibility index (Phi) is 4.15. The van der Waals surface area contributed by atoms with Crippen molar-refractivity contribution < 1.29 is 22.7 Å². The predicted octanol–water partition coefficient (Wildman–Crippen LogP) is 3.96. The van der Waals surface area contributed by atoms with E-state index in [0.717, 1.165) is 16.2 Å². The molecule has 0 radical (unpaired) electrons. The third-order valence-corrected chi connectivity index (χ3v) is 4.28. The molecule has 0 aliphatic carbocycles. The molecule has 124 valence electrons. The predicted molar refractivity (Wildman–Crippen MR) is 80.6 cm³/mol. The van der Waals surface area contributed by atoms with E-state index in [2.05, 4.69) is 4.98 Å². The first-order valence-corrected chi connectivity index (χ1v) is 7.74. The fraction of sp³-hybridized carbons (Fsp3) is 0.267. The number of hydrogen-bond acceptors (Lipinski definition) is 5. The van der Waals surface area contributed by atoms with Crippen molar-refractivity contribution in [2.75, 3.05) is 11.5 Å². The van der Waals surface area contributed by atoms with Crippen molar-refractivity contribution in [1.29, 1.82) is 5.26 Å². The zero-order valence-electron chi connectivity index (χ0n) is 12.1. The fourth-order valence-corrected chi connectivity index (χ4v) is 3.23. The maximum absolute atomic E-state index is 12.6. The number of rotatable bonds is 3. The maximum Gasteiger partial charge on any atom is 0.416 e. The Morgan fingerprint density at radius 1 is 1.38 bits per heavy atom. The number of thiazole rings is 1. The summed E-state index contributed by atoms with van der Waals surface area (Å²) in [7, 11) is 0. The van der Waals surface area contributed by atoms with Gasteiger partial charge in [-0.05, 0) is 12.1 Å². The van der Waals surface area contributed by atoms with E-state index in [1.54, 1.807) is 29.6 Å². The molecule has 0 saturated carbocycles. The average molecular weight is 353 g/mol. The molecule has 1 fully saturated rings. The number of nitriles is 1. The van der Waals surface area contributed by atoms with Crippen LogP contribution in [0.1, 0.15) is 12.0 Å². The number of hydrogen-bond donors (Lipinski definition) is 0. The first kappa shape index (κ1) is 16.3. The second-order valence-electron chi connectivity index (χ2n) is 5.12. The topological polar surface area (TPSA) is 66.2 Å². The molecule has 1 atom stereocenters. The Hall–Kier alpha value is -2.60. The van der Waals surface area contributed by atoms with Crippen LogP contribution in [0.4, 0.5) is 23.1 Å². The van der Waals surface area contributed by atoms with E-state index in [0.29, 0.717) is 16.8 Å². The highest BCUT2D eigenvalue weighted by molar-refractivity contribution is 7.14. The molecule has 1 saturated heterocycles. The molecule has 9 heteroatoms. The molecule has 2 heterocycles. The summed E-state index contributed by atoms with van der Waals surface area (Å²) in [5.41, 5.74) is 1.71.